The lowest BCUT2D eigenvalue weighted by molar-refractivity contribution is 0.623. The van der Waals surface area contributed by atoms with Gasteiger partial charge in [-0.25, -0.2) is 14.4 Å². The molecule has 14 heavy (non-hydrogen) atoms. The Morgan fingerprint density at radius 3 is 2.50 bits per heavy atom. The van der Waals surface area contributed by atoms with Crippen molar-refractivity contribution in [2.24, 2.45) is 0 Å². The molecule has 2 nitrogen and oxygen atoms in total. The molecule has 0 spiro atoms. The van der Waals surface area contributed by atoms with Crippen LogP contribution in [0.5, 0.6) is 0 Å². The van der Waals surface area contributed by atoms with Crippen molar-refractivity contribution in [3.8, 4) is 0 Å². The van der Waals surface area contributed by atoms with E-state index in [2.05, 4.69) is 25.9 Å². The van der Waals surface area contributed by atoms with Crippen molar-refractivity contribution in [3.05, 3.63) is 32.7 Å². The molecule has 0 radical (unpaired) electrons. The number of benzene rings is 1. The summed E-state index contributed by atoms with van der Waals surface area (Å²) in [5.74, 6) is -0.412. The highest BCUT2D eigenvalue weighted by Gasteiger charge is 2.10. The quantitative estimate of drug-likeness (QED) is 0.738. The topological polar surface area (TPSA) is 25.8 Å². The second-order valence-electron chi connectivity index (χ2n) is 2.53. The normalized spacial score (nSPS) is 10.9. The molecule has 0 aliphatic carbocycles. The minimum absolute atomic E-state index is 0.0606. The predicted octanol–water partition coefficient (Wildman–Crippen LogP) is 3.84. The molecule has 0 saturated carbocycles. The first-order valence-electron chi connectivity index (χ1n) is 3.56. The molecule has 1 heterocycles. The maximum absolute atomic E-state index is 13.1. The summed E-state index contributed by atoms with van der Waals surface area (Å²) in [4.78, 5) is 7.87. The fraction of sp³-hybridized carbons (Fsp3) is 0. The first kappa shape index (κ1) is 10.1. The van der Waals surface area contributed by atoms with E-state index in [0.29, 0.717) is 11.0 Å². The second-order valence-corrected chi connectivity index (χ2v) is 4.04. The molecule has 2 rings (SSSR count). The molecule has 0 saturated heterocycles. The summed E-state index contributed by atoms with van der Waals surface area (Å²) >= 11 is 14.4. The minimum atomic E-state index is -0.412. The van der Waals surface area contributed by atoms with Crippen LogP contribution in [-0.4, -0.2) is 9.97 Å². The molecule has 0 aliphatic rings. The van der Waals surface area contributed by atoms with E-state index < -0.39 is 5.82 Å². The maximum atomic E-state index is 13.1. The molecule has 0 aliphatic heterocycles. The van der Waals surface area contributed by atoms with E-state index >= 15 is 0 Å². The van der Waals surface area contributed by atoms with Crippen molar-refractivity contribution in [1.82, 2.24) is 9.97 Å². The Hall–Kier alpha value is -0.450. The van der Waals surface area contributed by atoms with Gasteiger partial charge >= 0.3 is 0 Å². The van der Waals surface area contributed by atoms with E-state index in [1.807, 2.05) is 0 Å². The van der Waals surface area contributed by atoms with Gasteiger partial charge in [0.1, 0.15) is 11.3 Å². The molecular formula is C8H2BrCl2FN2. The van der Waals surface area contributed by atoms with Crippen LogP contribution in [0.25, 0.3) is 11.0 Å². The van der Waals surface area contributed by atoms with Gasteiger partial charge < -0.3 is 0 Å². The monoisotopic (exact) mass is 294 g/mol. The van der Waals surface area contributed by atoms with Gasteiger partial charge in [-0.05, 0) is 28.1 Å². The molecule has 0 bridgehead atoms. The van der Waals surface area contributed by atoms with E-state index in [0.717, 1.165) is 0 Å². The van der Waals surface area contributed by atoms with Gasteiger partial charge in [0, 0.05) is 0 Å². The van der Waals surface area contributed by atoms with Gasteiger partial charge in [0.2, 0.25) is 0 Å². The highest BCUT2D eigenvalue weighted by Crippen LogP contribution is 2.27. The summed E-state index contributed by atoms with van der Waals surface area (Å²) in [5.41, 5.74) is 0.854. The first-order valence-corrected chi connectivity index (χ1v) is 5.11. The molecule has 0 amide bonds. The Bertz CT molecular complexity index is 518. The molecular weight excluding hydrogens is 294 g/mol. The third-order valence-electron chi connectivity index (χ3n) is 1.65. The molecule has 2 aromatic rings. The molecule has 0 unspecified atom stereocenters. The fourth-order valence-electron chi connectivity index (χ4n) is 1.02. The molecule has 1 aromatic carbocycles. The Labute approximate surface area is 97.2 Å². The van der Waals surface area contributed by atoms with E-state index in [1.165, 1.54) is 12.1 Å². The van der Waals surface area contributed by atoms with Crippen LogP contribution in [-0.2, 0) is 0 Å². The summed E-state index contributed by atoms with van der Waals surface area (Å²) in [6.45, 7) is 0. The maximum Gasteiger partial charge on any atom is 0.167 e. The Balaban J connectivity index is 2.89. The van der Waals surface area contributed by atoms with Crippen LogP contribution in [0.1, 0.15) is 0 Å². The molecule has 0 atom stereocenters. The highest BCUT2D eigenvalue weighted by molar-refractivity contribution is 9.10. The van der Waals surface area contributed by atoms with Crippen molar-refractivity contribution < 1.29 is 4.39 Å². The second kappa shape index (κ2) is 3.61. The number of aromatic nitrogens is 2. The number of halogens is 4. The summed E-state index contributed by atoms with van der Waals surface area (Å²) < 4.78 is 13.3. The zero-order valence-corrected chi connectivity index (χ0v) is 9.66. The van der Waals surface area contributed by atoms with Crippen molar-refractivity contribution in [2.75, 3.05) is 0 Å². The third-order valence-corrected chi connectivity index (χ3v) is 3.02. The zero-order valence-electron chi connectivity index (χ0n) is 6.56. The van der Waals surface area contributed by atoms with Gasteiger partial charge in [-0.2, -0.15) is 0 Å². The average Bonchev–Trinajstić information content (AvgIpc) is 2.15. The highest BCUT2D eigenvalue weighted by atomic mass is 79.9. The average molecular weight is 296 g/mol. The fourth-order valence-corrected chi connectivity index (χ4v) is 1.71. The SMILES string of the molecule is Fc1ccc2nc(Cl)c(Cl)nc2c1Br. The van der Waals surface area contributed by atoms with E-state index in [4.69, 9.17) is 23.2 Å². The Morgan fingerprint density at radius 1 is 1.14 bits per heavy atom. The predicted molar refractivity (Wildman–Crippen MR) is 57.2 cm³/mol. The first-order chi connectivity index (χ1) is 6.59. The van der Waals surface area contributed by atoms with Gasteiger partial charge in [-0.3, -0.25) is 0 Å². The lowest BCUT2D eigenvalue weighted by atomic mass is 10.3. The van der Waals surface area contributed by atoms with Crippen LogP contribution in [0, 0.1) is 5.82 Å². The summed E-state index contributed by atoms with van der Waals surface area (Å²) in [6.07, 6.45) is 0. The Morgan fingerprint density at radius 2 is 1.79 bits per heavy atom. The third kappa shape index (κ3) is 1.58. The minimum Gasteiger partial charge on any atom is -0.231 e. The van der Waals surface area contributed by atoms with E-state index in [-0.39, 0.29) is 14.8 Å². The van der Waals surface area contributed by atoms with Crippen LogP contribution < -0.4 is 0 Å². The van der Waals surface area contributed by atoms with E-state index in [9.17, 15) is 4.39 Å². The smallest absolute Gasteiger partial charge is 0.167 e. The Kier molecular flexibility index (Phi) is 2.60. The lowest BCUT2D eigenvalue weighted by Crippen LogP contribution is -1.89. The number of nitrogens with zero attached hydrogens (tertiary/aromatic N) is 2. The van der Waals surface area contributed by atoms with Gasteiger partial charge in [-0.15, -0.1) is 0 Å². The van der Waals surface area contributed by atoms with Crippen LogP contribution in [0.3, 0.4) is 0 Å². The van der Waals surface area contributed by atoms with Crippen molar-refractivity contribution in [3.63, 3.8) is 0 Å². The lowest BCUT2D eigenvalue weighted by Gasteiger charge is -2.01. The van der Waals surface area contributed by atoms with Crippen molar-refractivity contribution in [2.45, 2.75) is 0 Å². The van der Waals surface area contributed by atoms with Gasteiger partial charge in [0.05, 0.1) is 9.99 Å². The van der Waals surface area contributed by atoms with E-state index in [1.54, 1.807) is 0 Å². The summed E-state index contributed by atoms with van der Waals surface area (Å²) in [7, 11) is 0. The van der Waals surface area contributed by atoms with Crippen molar-refractivity contribution in [1.29, 1.82) is 0 Å². The van der Waals surface area contributed by atoms with Crippen molar-refractivity contribution >= 4 is 50.2 Å². The zero-order chi connectivity index (χ0) is 10.3. The van der Waals surface area contributed by atoms with Gasteiger partial charge in [0.25, 0.3) is 0 Å². The summed E-state index contributed by atoms with van der Waals surface area (Å²) in [5, 5.41) is 0.170. The largest absolute Gasteiger partial charge is 0.231 e. The summed E-state index contributed by atoms with van der Waals surface area (Å²) in [6, 6.07) is 2.77. The number of hydrogen-bond acceptors (Lipinski definition) is 2. The molecule has 6 heteroatoms. The number of hydrogen-bond donors (Lipinski definition) is 0. The van der Waals surface area contributed by atoms with Gasteiger partial charge in [0.15, 0.2) is 10.3 Å². The van der Waals surface area contributed by atoms with Crippen LogP contribution in [0.2, 0.25) is 10.3 Å². The number of rotatable bonds is 0. The molecule has 0 N–H and O–H groups in total. The van der Waals surface area contributed by atoms with Gasteiger partial charge in [-0.1, -0.05) is 23.2 Å². The van der Waals surface area contributed by atoms with Crippen LogP contribution in [0.4, 0.5) is 4.39 Å². The van der Waals surface area contributed by atoms with Crippen LogP contribution >= 0.6 is 39.1 Å². The molecule has 72 valence electrons. The van der Waals surface area contributed by atoms with Crippen LogP contribution in [0.15, 0.2) is 16.6 Å². The molecule has 0 fully saturated rings. The number of fused-ring (bicyclic) bond motifs is 1. The molecule has 1 aromatic heterocycles. The standard InChI is InChI=1S/C8H2BrCl2FN2/c9-5-3(12)1-2-4-6(5)14-8(11)7(10)13-4/h1-2H.